The van der Waals surface area contributed by atoms with E-state index in [1.165, 1.54) is 16.3 Å². The fourth-order valence-electron chi connectivity index (χ4n) is 2.49. The van der Waals surface area contributed by atoms with Crippen LogP contribution in [0.25, 0.3) is 10.8 Å². The zero-order valence-electron chi connectivity index (χ0n) is 10.9. The maximum atomic E-state index is 6.44. The van der Waals surface area contributed by atoms with Crippen molar-refractivity contribution in [3.8, 4) is 0 Å². The quantitative estimate of drug-likeness (QED) is 0.752. The second-order valence-corrected chi connectivity index (χ2v) is 4.78. The Morgan fingerprint density at radius 3 is 2.58 bits per heavy atom. The molecule has 0 amide bonds. The zero-order valence-corrected chi connectivity index (χ0v) is 10.9. The standard InChI is InChI=1S/C17H16N2/c1-12-9-10-19-11-16(12)17(18)15-8-4-6-13-5-2-3-7-14(13)15/h2-11,17H,18H2,1H3. The van der Waals surface area contributed by atoms with E-state index in [4.69, 9.17) is 5.73 Å². The predicted octanol–water partition coefficient (Wildman–Crippen LogP) is 3.59. The van der Waals surface area contributed by atoms with E-state index in [9.17, 15) is 0 Å². The zero-order chi connectivity index (χ0) is 13.2. The first-order chi connectivity index (χ1) is 9.27. The summed E-state index contributed by atoms with van der Waals surface area (Å²) in [5, 5.41) is 2.43. The van der Waals surface area contributed by atoms with E-state index >= 15 is 0 Å². The van der Waals surface area contributed by atoms with Gasteiger partial charge in [0, 0.05) is 12.4 Å². The first-order valence-corrected chi connectivity index (χ1v) is 6.41. The lowest BCUT2D eigenvalue weighted by Gasteiger charge is -2.16. The van der Waals surface area contributed by atoms with Gasteiger partial charge >= 0.3 is 0 Å². The van der Waals surface area contributed by atoms with Crippen molar-refractivity contribution in [1.29, 1.82) is 0 Å². The van der Waals surface area contributed by atoms with Gasteiger partial charge in [0.1, 0.15) is 0 Å². The maximum absolute atomic E-state index is 6.44. The van der Waals surface area contributed by atoms with E-state index in [-0.39, 0.29) is 6.04 Å². The predicted molar refractivity (Wildman–Crippen MR) is 79.0 cm³/mol. The third kappa shape index (κ3) is 2.11. The minimum absolute atomic E-state index is 0.139. The van der Waals surface area contributed by atoms with Crippen molar-refractivity contribution < 1.29 is 0 Å². The Kier molecular flexibility index (Phi) is 3.02. The minimum Gasteiger partial charge on any atom is -0.320 e. The van der Waals surface area contributed by atoms with E-state index in [1.54, 1.807) is 6.20 Å². The van der Waals surface area contributed by atoms with Crippen LogP contribution in [0.4, 0.5) is 0 Å². The van der Waals surface area contributed by atoms with Crippen LogP contribution in [0.2, 0.25) is 0 Å². The summed E-state index contributed by atoms with van der Waals surface area (Å²) in [6, 6.07) is 16.5. The topological polar surface area (TPSA) is 38.9 Å². The van der Waals surface area contributed by atoms with Gasteiger partial charge in [-0.25, -0.2) is 0 Å². The summed E-state index contributed by atoms with van der Waals surface area (Å²) in [6.07, 6.45) is 3.66. The van der Waals surface area contributed by atoms with Gasteiger partial charge in [0.15, 0.2) is 0 Å². The maximum Gasteiger partial charge on any atom is 0.0575 e. The molecular weight excluding hydrogens is 232 g/mol. The van der Waals surface area contributed by atoms with Crippen molar-refractivity contribution in [2.24, 2.45) is 5.73 Å². The summed E-state index contributed by atoms with van der Waals surface area (Å²) in [7, 11) is 0. The highest BCUT2D eigenvalue weighted by Gasteiger charge is 2.13. The number of pyridine rings is 1. The number of hydrogen-bond donors (Lipinski definition) is 1. The Bertz CT molecular complexity index is 714. The molecule has 0 aliphatic heterocycles. The summed E-state index contributed by atoms with van der Waals surface area (Å²) in [4.78, 5) is 4.19. The molecule has 19 heavy (non-hydrogen) atoms. The molecule has 0 saturated heterocycles. The molecule has 2 nitrogen and oxygen atoms in total. The third-order valence-electron chi connectivity index (χ3n) is 3.57. The van der Waals surface area contributed by atoms with E-state index in [1.807, 2.05) is 18.3 Å². The Morgan fingerprint density at radius 2 is 1.74 bits per heavy atom. The molecule has 0 spiro atoms. The van der Waals surface area contributed by atoms with Gasteiger partial charge in [0.25, 0.3) is 0 Å². The number of aromatic nitrogens is 1. The first-order valence-electron chi connectivity index (χ1n) is 6.41. The smallest absolute Gasteiger partial charge is 0.0575 e. The van der Waals surface area contributed by atoms with Gasteiger partial charge < -0.3 is 5.73 Å². The molecule has 1 aromatic heterocycles. The average Bonchev–Trinajstić information content (AvgIpc) is 2.46. The van der Waals surface area contributed by atoms with Crippen LogP contribution in [0.1, 0.15) is 22.7 Å². The molecule has 1 heterocycles. The molecule has 2 heteroatoms. The average molecular weight is 248 g/mol. The van der Waals surface area contributed by atoms with Crippen LogP contribution in [-0.2, 0) is 0 Å². The van der Waals surface area contributed by atoms with Gasteiger partial charge in [0.05, 0.1) is 6.04 Å². The third-order valence-corrected chi connectivity index (χ3v) is 3.57. The Hall–Kier alpha value is -2.19. The van der Waals surface area contributed by atoms with Crippen molar-refractivity contribution in [1.82, 2.24) is 4.98 Å². The SMILES string of the molecule is Cc1ccncc1C(N)c1cccc2ccccc12. The summed E-state index contributed by atoms with van der Waals surface area (Å²) < 4.78 is 0. The number of nitrogens with zero attached hydrogens (tertiary/aromatic N) is 1. The van der Waals surface area contributed by atoms with Crippen LogP contribution < -0.4 is 5.73 Å². The molecule has 0 radical (unpaired) electrons. The Morgan fingerprint density at radius 1 is 0.947 bits per heavy atom. The van der Waals surface area contributed by atoms with E-state index in [0.717, 1.165) is 11.1 Å². The molecule has 0 aliphatic rings. The fraction of sp³-hybridized carbons (Fsp3) is 0.118. The second-order valence-electron chi connectivity index (χ2n) is 4.78. The molecule has 0 aliphatic carbocycles. The number of rotatable bonds is 2. The van der Waals surface area contributed by atoms with Gasteiger partial charge in [-0.15, -0.1) is 0 Å². The van der Waals surface area contributed by atoms with E-state index in [0.29, 0.717) is 0 Å². The minimum atomic E-state index is -0.139. The molecule has 94 valence electrons. The van der Waals surface area contributed by atoms with E-state index < -0.39 is 0 Å². The monoisotopic (exact) mass is 248 g/mol. The number of fused-ring (bicyclic) bond motifs is 1. The summed E-state index contributed by atoms with van der Waals surface area (Å²) in [6.45, 7) is 2.07. The molecule has 3 rings (SSSR count). The summed E-state index contributed by atoms with van der Waals surface area (Å²) in [5.74, 6) is 0. The highest BCUT2D eigenvalue weighted by atomic mass is 14.7. The Balaban J connectivity index is 2.17. The fourth-order valence-corrected chi connectivity index (χ4v) is 2.49. The van der Waals surface area contributed by atoms with Crippen molar-refractivity contribution in [2.45, 2.75) is 13.0 Å². The first kappa shape index (κ1) is 11.9. The van der Waals surface area contributed by atoms with Crippen LogP contribution in [-0.4, -0.2) is 4.98 Å². The highest BCUT2D eigenvalue weighted by molar-refractivity contribution is 5.86. The van der Waals surface area contributed by atoms with Crippen LogP contribution in [0.5, 0.6) is 0 Å². The van der Waals surface area contributed by atoms with E-state index in [2.05, 4.69) is 48.3 Å². The van der Waals surface area contributed by atoms with Gasteiger partial charge in [-0.05, 0) is 40.5 Å². The summed E-state index contributed by atoms with van der Waals surface area (Å²) >= 11 is 0. The van der Waals surface area contributed by atoms with Gasteiger partial charge in [0.2, 0.25) is 0 Å². The number of hydrogen-bond acceptors (Lipinski definition) is 2. The van der Waals surface area contributed by atoms with Crippen molar-refractivity contribution in [2.75, 3.05) is 0 Å². The molecule has 3 aromatic rings. The van der Waals surface area contributed by atoms with Crippen molar-refractivity contribution >= 4 is 10.8 Å². The van der Waals surface area contributed by atoms with Crippen LogP contribution in [0, 0.1) is 6.92 Å². The lowest BCUT2D eigenvalue weighted by atomic mass is 9.93. The lowest BCUT2D eigenvalue weighted by molar-refractivity contribution is 0.861. The molecule has 2 N–H and O–H groups in total. The van der Waals surface area contributed by atoms with Gasteiger partial charge in [-0.2, -0.15) is 0 Å². The summed E-state index contributed by atoms with van der Waals surface area (Å²) in [5.41, 5.74) is 9.85. The Labute approximate surface area is 112 Å². The number of nitrogens with two attached hydrogens (primary N) is 1. The van der Waals surface area contributed by atoms with Crippen LogP contribution in [0.15, 0.2) is 60.9 Å². The van der Waals surface area contributed by atoms with Crippen LogP contribution >= 0.6 is 0 Å². The second kappa shape index (κ2) is 4.82. The molecular formula is C17H16N2. The molecule has 0 saturated carbocycles. The molecule has 1 atom stereocenters. The molecule has 1 unspecified atom stereocenters. The van der Waals surface area contributed by atoms with Crippen molar-refractivity contribution in [3.63, 3.8) is 0 Å². The molecule has 0 bridgehead atoms. The normalized spacial score (nSPS) is 12.5. The number of aryl methyl sites for hydroxylation is 1. The number of benzene rings is 2. The van der Waals surface area contributed by atoms with Gasteiger partial charge in [-0.1, -0.05) is 42.5 Å². The lowest BCUT2D eigenvalue weighted by Crippen LogP contribution is -2.14. The highest BCUT2D eigenvalue weighted by Crippen LogP contribution is 2.28. The largest absolute Gasteiger partial charge is 0.320 e. The molecule has 0 fully saturated rings. The van der Waals surface area contributed by atoms with Gasteiger partial charge in [-0.3, -0.25) is 4.98 Å². The molecule has 2 aromatic carbocycles. The van der Waals surface area contributed by atoms with Crippen molar-refractivity contribution in [3.05, 3.63) is 77.6 Å². The van der Waals surface area contributed by atoms with Crippen LogP contribution in [0.3, 0.4) is 0 Å².